The Hall–Kier alpha value is -2.51. The van der Waals surface area contributed by atoms with Crippen LogP contribution in [0.4, 0.5) is 5.69 Å². The lowest BCUT2D eigenvalue weighted by Gasteiger charge is -2.17. The van der Waals surface area contributed by atoms with E-state index in [1.165, 1.54) is 6.07 Å². The first-order valence-electron chi connectivity index (χ1n) is 4.90. The summed E-state index contributed by atoms with van der Waals surface area (Å²) in [6.07, 6.45) is -0.148. The lowest BCUT2D eigenvalue weighted by molar-refractivity contribution is -0.385. The number of carbonyl (C=O) groups excluding carboxylic acids is 2. The molecule has 96 valence electrons. The minimum atomic E-state index is -1.43. The molecule has 8 heteroatoms. The van der Waals surface area contributed by atoms with Gasteiger partial charge in [-0.1, -0.05) is 0 Å². The van der Waals surface area contributed by atoms with Gasteiger partial charge in [-0.05, 0) is 18.9 Å². The van der Waals surface area contributed by atoms with Crippen molar-refractivity contribution in [3.63, 3.8) is 0 Å². The second-order valence-electron chi connectivity index (χ2n) is 3.55. The minimum Gasteiger partial charge on any atom is -0.550 e. The molecule has 0 bridgehead atoms. The van der Waals surface area contributed by atoms with E-state index in [4.69, 9.17) is 0 Å². The summed E-state index contributed by atoms with van der Waals surface area (Å²) in [4.78, 5) is 34.4. The number of nitro groups is 1. The first-order chi connectivity index (χ1) is 8.40. The molecule has 8 nitrogen and oxygen atoms in total. The molecule has 0 aliphatic rings. The fourth-order valence-electron chi connectivity index (χ4n) is 1.43. The summed E-state index contributed by atoms with van der Waals surface area (Å²) >= 11 is 0. The molecule has 0 unspecified atom stereocenters. The predicted molar refractivity (Wildman–Crippen MR) is 52.9 cm³/mol. The summed E-state index contributed by atoms with van der Waals surface area (Å²) in [7, 11) is 0. The van der Waals surface area contributed by atoms with Gasteiger partial charge in [0.25, 0.3) is 5.69 Å². The van der Waals surface area contributed by atoms with Crippen molar-refractivity contribution < 1.29 is 24.7 Å². The Morgan fingerprint density at radius 1 is 1.22 bits per heavy atom. The highest BCUT2D eigenvalue weighted by atomic mass is 16.6. The molecule has 1 aromatic heterocycles. The van der Waals surface area contributed by atoms with Gasteiger partial charge in [0.1, 0.15) is 6.20 Å². The standard InChI is InChI=1S/C10H10N2O6/c13-9(14)3-6(4-10(15)16)8-2-1-7(5-11-8)12(17)18/h1-2,5-6H,3-4H2,(H,13,14)(H,15,16)/p-2. The van der Waals surface area contributed by atoms with E-state index >= 15 is 0 Å². The van der Waals surface area contributed by atoms with Crippen LogP contribution in [0.1, 0.15) is 24.5 Å². The summed E-state index contributed by atoms with van der Waals surface area (Å²) in [6, 6.07) is 2.34. The second-order valence-corrected chi connectivity index (χ2v) is 3.55. The maximum absolute atomic E-state index is 10.5. The van der Waals surface area contributed by atoms with Crippen LogP contribution in [0.25, 0.3) is 0 Å². The third-order valence-corrected chi connectivity index (χ3v) is 2.23. The van der Waals surface area contributed by atoms with Crippen molar-refractivity contribution in [3.8, 4) is 0 Å². The van der Waals surface area contributed by atoms with E-state index in [1.807, 2.05) is 0 Å². The Morgan fingerprint density at radius 3 is 2.11 bits per heavy atom. The number of nitrogens with zero attached hydrogens (tertiary/aromatic N) is 2. The Kier molecular flexibility index (Phi) is 4.30. The number of rotatable bonds is 6. The Bertz CT molecular complexity index is 454. The monoisotopic (exact) mass is 252 g/mol. The highest BCUT2D eigenvalue weighted by molar-refractivity contribution is 5.70. The summed E-state index contributed by atoms with van der Waals surface area (Å²) in [5.74, 6) is -3.79. The normalized spacial score (nSPS) is 10.3. The van der Waals surface area contributed by atoms with Gasteiger partial charge < -0.3 is 19.8 Å². The smallest absolute Gasteiger partial charge is 0.287 e. The van der Waals surface area contributed by atoms with Crippen LogP contribution in [0.3, 0.4) is 0 Å². The molecule has 0 fully saturated rings. The van der Waals surface area contributed by atoms with E-state index in [1.54, 1.807) is 0 Å². The quantitative estimate of drug-likeness (QED) is 0.437. The van der Waals surface area contributed by atoms with Gasteiger partial charge in [-0.25, -0.2) is 0 Å². The number of carboxylic acid groups (broad SMARTS) is 2. The van der Waals surface area contributed by atoms with Gasteiger partial charge in [0.2, 0.25) is 0 Å². The van der Waals surface area contributed by atoms with Gasteiger partial charge in [-0.3, -0.25) is 15.1 Å². The number of hydrogen-bond acceptors (Lipinski definition) is 7. The van der Waals surface area contributed by atoms with Gasteiger partial charge in [0.15, 0.2) is 0 Å². The van der Waals surface area contributed by atoms with Crippen molar-refractivity contribution in [3.05, 3.63) is 34.1 Å². The second kappa shape index (κ2) is 5.71. The maximum Gasteiger partial charge on any atom is 0.287 e. The van der Waals surface area contributed by atoms with Crippen LogP contribution >= 0.6 is 0 Å². The highest BCUT2D eigenvalue weighted by Crippen LogP contribution is 2.22. The number of carboxylic acids is 2. The Labute approximate surface area is 101 Å². The van der Waals surface area contributed by atoms with E-state index in [-0.39, 0.29) is 11.4 Å². The topological polar surface area (TPSA) is 136 Å². The lowest BCUT2D eigenvalue weighted by Crippen LogP contribution is -2.29. The number of carbonyl (C=O) groups is 2. The number of aromatic nitrogens is 1. The number of hydrogen-bond donors (Lipinski definition) is 0. The molecule has 0 saturated heterocycles. The number of pyridine rings is 1. The molecule has 0 saturated carbocycles. The first kappa shape index (κ1) is 13.6. The summed E-state index contributed by atoms with van der Waals surface area (Å²) < 4.78 is 0. The van der Waals surface area contributed by atoms with Gasteiger partial charge in [-0.15, -0.1) is 0 Å². The lowest BCUT2D eigenvalue weighted by atomic mass is 9.97. The zero-order chi connectivity index (χ0) is 13.7. The summed E-state index contributed by atoms with van der Waals surface area (Å²) in [6.45, 7) is 0. The van der Waals surface area contributed by atoms with Crippen molar-refractivity contribution >= 4 is 17.6 Å². The van der Waals surface area contributed by atoms with Gasteiger partial charge in [0.05, 0.1) is 4.92 Å². The van der Waals surface area contributed by atoms with Gasteiger partial charge in [-0.2, -0.15) is 0 Å². The molecular weight excluding hydrogens is 244 g/mol. The zero-order valence-electron chi connectivity index (χ0n) is 9.07. The molecular formula is C10H8N2O6-2. The SMILES string of the molecule is O=C([O-])CC(CC(=O)[O-])c1ccc([N+](=O)[O-])cn1. The van der Waals surface area contributed by atoms with E-state index in [0.717, 1.165) is 12.3 Å². The molecule has 1 rings (SSSR count). The summed E-state index contributed by atoms with van der Waals surface area (Å²) in [5.41, 5.74) is -0.131. The van der Waals surface area contributed by atoms with Crippen molar-refractivity contribution in [1.29, 1.82) is 0 Å². The molecule has 1 aromatic rings. The van der Waals surface area contributed by atoms with Crippen LogP contribution in [0.5, 0.6) is 0 Å². The van der Waals surface area contributed by atoms with E-state index in [2.05, 4.69) is 4.98 Å². The Morgan fingerprint density at radius 2 is 1.78 bits per heavy atom. The van der Waals surface area contributed by atoms with Crippen LogP contribution in [0, 0.1) is 10.1 Å². The average Bonchev–Trinajstić information content (AvgIpc) is 2.27. The van der Waals surface area contributed by atoms with Crippen LogP contribution in [0.15, 0.2) is 18.3 Å². The highest BCUT2D eigenvalue weighted by Gasteiger charge is 2.15. The van der Waals surface area contributed by atoms with Crippen LogP contribution in [-0.2, 0) is 9.59 Å². The average molecular weight is 252 g/mol. The third-order valence-electron chi connectivity index (χ3n) is 2.23. The maximum atomic E-state index is 10.5. The van der Waals surface area contributed by atoms with Crippen LogP contribution < -0.4 is 10.2 Å². The summed E-state index contributed by atoms with van der Waals surface area (Å²) in [5, 5.41) is 31.4. The van der Waals surface area contributed by atoms with Crippen LogP contribution in [-0.4, -0.2) is 21.8 Å². The fourth-order valence-corrected chi connectivity index (χ4v) is 1.43. The molecule has 0 amide bonds. The first-order valence-corrected chi connectivity index (χ1v) is 4.90. The van der Waals surface area contributed by atoms with Gasteiger partial charge >= 0.3 is 0 Å². The molecule has 0 spiro atoms. The van der Waals surface area contributed by atoms with Crippen molar-refractivity contribution in [2.45, 2.75) is 18.8 Å². The largest absolute Gasteiger partial charge is 0.550 e. The number of aliphatic carboxylic acids is 2. The van der Waals surface area contributed by atoms with Crippen molar-refractivity contribution in [2.24, 2.45) is 0 Å². The van der Waals surface area contributed by atoms with Crippen LogP contribution in [0.2, 0.25) is 0 Å². The molecule has 0 aliphatic carbocycles. The Balaban J connectivity index is 2.93. The van der Waals surface area contributed by atoms with Gasteiger partial charge in [0, 0.05) is 29.6 Å². The predicted octanol–water partition coefficient (Wildman–Crippen LogP) is -1.65. The molecule has 0 N–H and O–H groups in total. The molecule has 0 aliphatic heterocycles. The van der Waals surface area contributed by atoms with Crippen molar-refractivity contribution in [2.75, 3.05) is 0 Å². The molecule has 1 heterocycles. The zero-order valence-corrected chi connectivity index (χ0v) is 9.07. The molecule has 18 heavy (non-hydrogen) atoms. The molecule has 0 radical (unpaired) electrons. The molecule has 0 atom stereocenters. The third kappa shape index (κ3) is 3.81. The van der Waals surface area contributed by atoms with E-state index in [0.29, 0.717) is 0 Å². The minimum absolute atomic E-state index is 0.133. The van der Waals surface area contributed by atoms with E-state index < -0.39 is 35.6 Å². The molecule has 0 aromatic carbocycles. The fraction of sp³-hybridized carbons (Fsp3) is 0.300. The van der Waals surface area contributed by atoms with Crippen molar-refractivity contribution in [1.82, 2.24) is 4.98 Å². The van der Waals surface area contributed by atoms with E-state index in [9.17, 15) is 29.9 Å².